The van der Waals surface area contributed by atoms with Gasteiger partial charge in [-0.15, -0.1) is 0 Å². The summed E-state index contributed by atoms with van der Waals surface area (Å²) in [6.07, 6.45) is 3.04. The second kappa shape index (κ2) is 6.50. The summed E-state index contributed by atoms with van der Waals surface area (Å²) in [6, 6.07) is 3.52. The molecule has 2 aliphatic rings. The van der Waals surface area contributed by atoms with Gasteiger partial charge in [0, 0.05) is 19.1 Å². The molecule has 1 N–H and O–H groups in total. The number of amides is 1. The van der Waals surface area contributed by atoms with Crippen LogP contribution in [0.25, 0.3) is 0 Å². The van der Waals surface area contributed by atoms with Crippen LogP contribution >= 0.6 is 0 Å². The summed E-state index contributed by atoms with van der Waals surface area (Å²) in [7, 11) is 0. The number of fused-ring (bicyclic) bond motifs is 2. The molecule has 2 bridgehead atoms. The number of carbonyl (C=O) groups is 1. The van der Waals surface area contributed by atoms with E-state index in [4.69, 9.17) is 4.74 Å². The summed E-state index contributed by atoms with van der Waals surface area (Å²) in [5.74, 6) is 0.401. The third kappa shape index (κ3) is 3.83. The first-order chi connectivity index (χ1) is 11.7. The summed E-state index contributed by atoms with van der Waals surface area (Å²) >= 11 is 0. The van der Waals surface area contributed by atoms with Crippen LogP contribution < -0.4 is 10.2 Å². The first kappa shape index (κ1) is 17.4. The molecule has 1 aromatic heterocycles. The summed E-state index contributed by atoms with van der Waals surface area (Å²) in [4.78, 5) is 28.8. The Kier molecular flexibility index (Phi) is 4.53. The summed E-state index contributed by atoms with van der Waals surface area (Å²) in [6.45, 7) is 6.86. The van der Waals surface area contributed by atoms with Crippen molar-refractivity contribution in [2.24, 2.45) is 11.8 Å². The fourth-order valence-corrected chi connectivity index (χ4v) is 3.87. The van der Waals surface area contributed by atoms with E-state index in [2.05, 4.69) is 10.3 Å². The number of nitrogens with zero attached hydrogens (tertiary/aromatic N) is 3. The van der Waals surface area contributed by atoms with Crippen LogP contribution in [0, 0.1) is 22.0 Å². The minimum absolute atomic E-state index is 0.0572. The van der Waals surface area contributed by atoms with Crippen LogP contribution in [0.3, 0.4) is 0 Å². The van der Waals surface area contributed by atoms with E-state index in [9.17, 15) is 14.9 Å². The van der Waals surface area contributed by atoms with Gasteiger partial charge in [0.05, 0.1) is 0 Å². The van der Waals surface area contributed by atoms with Crippen LogP contribution in [0.15, 0.2) is 18.3 Å². The normalized spacial score (nSPS) is 25.6. The quantitative estimate of drug-likeness (QED) is 0.666. The molecule has 0 spiro atoms. The number of alkyl carbamates (subject to hydrolysis) is 1. The average molecular weight is 348 g/mol. The number of anilines is 1. The molecule has 1 saturated carbocycles. The van der Waals surface area contributed by atoms with Gasteiger partial charge in [-0.3, -0.25) is 0 Å². The van der Waals surface area contributed by atoms with Crippen molar-refractivity contribution in [2.45, 2.75) is 45.3 Å². The molecule has 8 heteroatoms. The van der Waals surface area contributed by atoms with Gasteiger partial charge < -0.3 is 25.1 Å². The van der Waals surface area contributed by atoms with Gasteiger partial charge >= 0.3 is 11.9 Å². The van der Waals surface area contributed by atoms with Crippen molar-refractivity contribution in [1.29, 1.82) is 0 Å². The molecule has 25 heavy (non-hydrogen) atoms. The standard InChI is InChI=1S/C17H24N4O4/c1-17(2,3)25-16(22)19-14-11-6-7-12(14)10-20(9-11)13-5-4-8-18-15(13)21(23)24/h4-5,8,11-12,14H,6-7,9-10H2,1-3H3,(H,19,22)/t11-,12?,14?/m0/s1. The second-order valence-electron chi connectivity index (χ2n) is 7.78. The van der Waals surface area contributed by atoms with Gasteiger partial charge in [-0.25, -0.2) is 4.79 Å². The minimum Gasteiger partial charge on any atom is -0.444 e. The maximum absolute atomic E-state index is 12.1. The van der Waals surface area contributed by atoms with Gasteiger partial charge in [0.2, 0.25) is 0 Å². The number of hydrogen-bond donors (Lipinski definition) is 1. The number of nitrogens with one attached hydrogen (secondary N) is 1. The molecule has 3 rings (SSSR count). The summed E-state index contributed by atoms with van der Waals surface area (Å²) < 4.78 is 5.36. The highest BCUT2D eigenvalue weighted by Crippen LogP contribution is 2.40. The maximum atomic E-state index is 12.1. The number of carbonyl (C=O) groups excluding carboxylic acids is 1. The topological polar surface area (TPSA) is 97.6 Å². The highest BCUT2D eigenvalue weighted by molar-refractivity contribution is 5.68. The largest absolute Gasteiger partial charge is 0.444 e. The van der Waals surface area contributed by atoms with Crippen molar-refractivity contribution < 1.29 is 14.5 Å². The van der Waals surface area contributed by atoms with E-state index >= 15 is 0 Å². The Morgan fingerprint density at radius 3 is 2.56 bits per heavy atom. The van der Waals surface area contributed by atoms with Crippen LogP contribution in [0.1, 0.15) is 33.6 Å². The highest BCUT2D eigenvalue weighted by atomic mass is 16.6. The Morgan fingerprint density at radius 2 is 2.00 bits per heavy atom. The van der Waals surface area contributed by atoms with Gasteiger partial charge in [0.1, 0.15) is 17.5 Å². The van der Waals surface area contributed by atoms with E-state index in [1.54, 1.807) is 12.1 Å². The van der Waals surface area contributed by atoms with Crippen molar-refractivity contribution in [3.05, 3.63) is 28.4 Å². The van der Waals surface area contributed by atoms with E-state index in [-0.39, 0.29) is 23.7 Å². The van der Waals surface area contributed by atoms with Crippen molar-refractivity contribution in [3.8, 4) is 0 Å². The van der Waals surface area contributed by atoms with Gasteiger partial charge in [-0.1, -0.05) is 0 Å². The molecule has 0 aromatic carbocycles. The third-order valence-electron chi connectivity index (χ3n) is 4.80. The molecular weight excluding hydrogens is 324 g/mol. The van der Waals surface area contributed by atoms with Crippen LogP contribution in [0.4, 0.5) is 16.3 Å². The average Bonchev–Trinajstić information content (AvgIpc) is 2.75. The Balaban J connectivity index is 1.71. The summed E-state index contributed by atoms with van der Waals surface area (Å²) in [5.41, 5.74) is 0.0280. The van der Waals surface area contributed by atoms with E-state index in [0.717, 1.165) is 12.8 Å². The van der Waals surface area contributed by atoms with Crippen molar-refractivity contribution >= 4 is 17.6 Å². The Labute approximate surface area is 146 Å². The molecule has 2 unspecified atom stereocenters. The van der Waals surface area contributed by atoms with Gasteiger partial charge in [0.25, 0.3) is 0 Å². The molecule has 136 valence electrons. The Hall–Kier alpha value is -2.38. The zero-order valence-corrected chi connectivity index (χ0v) is 14.8. The lowest BCUT2D eigenvalue weighted by Crippen LogP contribution is -2.53. The number of pyridine rings is 1. The number of ether oxygens (including phenoxy) is 1. The lowest BCUT2D eigenvalue weighted by molar-refractivity contribution is -0.388. The predicted molar refractivity (Wildman–Crippen MR) is 92.5 cm³/mol. The molecule has 2 fully saturated rings. The lowest BCUT2D eigenvalue weighted by atomic mass is 9.92. The van der Waals surface area contributed by atoms with E-state index in [1.807, 2.05) is 25.7 Å². The predicted octanol–water partition coefficient (Wildman–Crippen LogP) is 2.73. The zero-order valence-electron chi connectivity index (χ0n) is 14.8. The number of hydrogen-bond acceptors (Lipinski definition) is 6. The number of rotatable bonds is 3. The Morgan fingerprint density at radius 1 is 1.36 bits per heavy atom. The number of piperidine rings is 1. The first-order valence-electron chi connectivity index (χ1n) is 8.58. The lowest BCUT2D eigenvalue weighted by Gasteiger charge is -2.39. The molecule has 1 amide bonds. The monoisotopic (exact) mass is 348 g/mol. The van der Waals surface area contributed by atoms with Crippen molar-refractivity contribution in [2.75, 3.05) is 18.0 Å². The fraction of sp³-hybridized carbons (Fsp3) is 0.647. The SMILES string of the molecule is CC(C)(C)OC(=O)NC1C2CC[C@H]1CN(c1cccnc1[N+](=O)[O-])C2. The van der Waals surface area contributed by atoms with Gasteiger partial charge in [-0.05, 0) is 67.5 Å². The highest BCUT2D eigenvalue weighted by Gasteiger charge is 2.44. The maximum Gasteiger partial charge on any atom is 0.407 e. The molecule has 1 aliphatic carbocycles. The van der Waals surface area contributed by atoms with E-state index < -0.39 is 16.6 Å². The molecule has 0 radical (unpaired) electrons. The van der Waals surface area contributed by atoms with Gasteiger partial charge in [-0.2, -0.15) is 0 Å². The zero-order chi connectivity index (χ0) is 18.2. The van der Waals surface area contributed by atoms with Crippen LogP contribution in [0.5, 0.6) is 0 Å². The third-order valence-corrected chi connectivity index (χ3v) is 4.80. The number of nitro groups is 1. The van der Waals surface area contributed by atoms with Crippen LogP contribution in [-0.2, 0) is 4.74 Å². The molecule has 3 atom stereocenters. The molecule has 1 aromatic rings. The Bertz CT molecular complexity index is 659. The van der Waals surface area contributed by atoms with E-state index in [1.165, 1.54) is 6.20 Å². The fourth-order valence-electron chi connectivity index (χ4n) is 3.87. The molecular formula is C17H24N4O4. The second-order valence-corrected chi connectivity index (χ2v) is 7.78. The smallest absolute Gasteiger partial charge is 0.407 e. The van der Waals surface area contributed by atoms with Crippen molar-refractivity contribution in [1.82, 2.24) is 10.3 Å². The molecule has 2 heterocycles. The molecule has 1 aliphatic heterocycles. The first-order valence-corrected chi connectivity index (χ1v) is 8.58. The van der Waals surface area contributed by atoms with Crippen molar-refractivity contribution in [3.63, 3.8) is 0 Å². The number of aromatic nitrogens is 1. The van der Waals surface area contributed by atoms with Crippen LogP contribution in [-0.4, -0.2) is 40.7 Å². The molecule has 1 saturated heterocycles. The molecule has 8 nitrogen and oxygen atoms in total. The van der Waals surface area contributed by atoms with E-state index in [0.29, 0.717) is 18.8 Å². The van der Waals surface area contributed by atoms with Crippen LogP contribution in [0.2, 0.25) is 0 Å². The minimum atomic E-state index is -0.528. The summed E-state index contributed by atoms with van der Waals surface area (Å²) in [5, 5.41) is 14.2. The van der Waals surface area contributed by atoms with Gasteiger partial charge in [0.15, 0.2) is 0 Å².